The van der Waals surface area contributed by atoms with Crippen molar-refractivity contribution in [3.8, 4) is 11.1 Å². The highest BCUT2D eigenvalue weighted by Gasteiger charge is 2.24. The van der Waals surface area contributed by atoms with E-state index in [9.17, 15) is 4.79 Å². The van der Waals surface area contributed by atoms with Crippen LogP contribution >= 0.6 is 0 Å². The summed E-state index contributed by atoms with van der Waals surface area (Å²) in [5, 5.41) is 6.94. The van der Waals surface area contributed by atoms with E-state index in [1.807, 2.05) is 18.3 Å². The molecule has 2 aromatic rings. The second-order valence-corrected chi connectivity index (χ2v) is 7.00. The van der Waals surface area contributed by atoms with Crippen LogP contribution in [0.5, 0.6) is 0 Å². The quantitative estimate of drug-likeness (QED) is 0.700. The fraction of sp³-hybridized carbons (Fsp3) is 0.174. The molecule has 0 atom stereocenters. The predicted octanol–water partition coefficient (Wildman–Crippen LogP) is 3.36. The number of hydrogen-bond donors (Lipinski definition) is 2. The molecule has 150 valence electrons. The first kappa shape index (κ1) is 19.4. The fourth-order valence-electron chi connectivity index (χ4n) is 3.06. The van der Waals surface area contributed by atoms with E-state index >= 15 is 0 Å². The average Bonchev–Trinajstić information content (AvgIpc) is 3.65. The molecule has 2 N–H and O–H groups in total. The normalized spacial score (nSPS) is 16.1. The van der Waals surface area contributed by atoms with Crippen molar-refractivity contribution in [2.45, 2.75) is 18.8 Å². The van der Waals surface area contributed by atoms with Crippen molar-refractivity contribution in [1.29, 1.82) is 0 Å². The maximum absolute atomic E-state index is 12.5. The van der Waals surface area contributed by atoms with Crippen LogP contribution in [-0.4, -0.2) is 34.5 Å². The van der Waals surface area contributed by atoms with E-state index in [-0.39, 0.29) is 5.91 Å². The van der Waals surface area contributed by atoms with Crippen LogP contribution in [0, 0.1) is 0 Å². The second kappa shape index (κ2) is 9.09. The number of carbonyl (C=O) groups excluding carboxylic acids is 1. The number of allylic oxidation sites excluding steroid dienone is 3. The monoisotopic (exact) mass is 398 g/mol. The van der Waals surface area contributed by atoms with Crippen molar-refractivity contribution in [2.75, 3.05) is 6.54 Å². The number of pyridine rings is 2. The van der Waals surface area contributed by atoms with Crippen molar-refractivity contribution in [3.05, 3.63) is 84.6 Å². The Kier molecular flexibility index (Phi) is 5.89. The average molecular weight is 398 g/mol. The second-order valence-electron chi connectivity index (χ2n) is 7.00. The molecule has 0 unspecified atom stereocenters. The zero-order valence-electron chi connectivity index (χ0n) is 16.5. The van der Waals surface area contributed by atoms with Gasteiger partial charge in [-0.2, -0.15) is 5.10 Å². The van der Waals surface area contributed by atoms with Gasteiger partial charge in [0.1, 0.15) is 12.0 Å². The highest BCUT2D eigenvalue weighted by Crippen LogP contribution is 2.39. The molecule has 2 aromatic heterocycles. The Morgan fingerprint density at radius 1 is 1.20 bits per heavy atom. The van der Waals surface area contributed by atoms with Crippen molar-refractivity contribution < 1.29 is 4.79 Å². The van der Waals surface area contributed by atoms with Crippen LogP contribution in [0.25, 0.3) is 11.1 Å². The number of hydrogen-bond acceptors (Lipinski definition) is 6. The van der Waals surface area contributed by atoms with E-state index in [2.05, 4.69) is 43.4 Å². The summed E-state index contributed by atoms with van der Waals surface area (Å²) in [6, 6.07) is 7.75. The molecule has 0 saturated heterocycles. The van der Waals surface area contributed by atoms with Crippen LogP contribution < -0.4 is 10.7 Å². The van der Waals surface area contributed by atoms with Crippen molar-refractivity contribution in [3.63, 3.8) is 0 Å². The van der Waals surface area contributed by atoms with Crippen molar-refractivity contribution in [2.24, 2.45) is 10.1 Å². The fourth-order valence-corrected chi connectivity index (χ4v) is 3.06. The van der Waals surface area contributed by atoms with Gasteiger partial charge in [-0.05, 0) is 42.7 Å². The minimum Gasteiger partial charge on any atom is -0.327 e. The van der Waals surface area contributed by atoms with E-state index in [0.717, 1.165) is 28.1 Å². The third kappa shape index (κ3) is 4.75. The molecule has 4 rings (SSSR count). The lowest BCUT2D eigenvalue weighted by Gasteiger charge is -2.08. The van der Waals surface area contributed by atoms with Gasteiger partial charge in [-0.15, -0.1) is 0 Å². The van der Waals surface area contributed by atoms with Gasteiger partial charge in [0.2, 0.25) is 0 Å². The third-order valence-corrected chi connectivity index (χ3v) is 4.81. The Morgan fingerprint density at radius 2 is 2.10 bits per heavy atom. The lowest BCUT2D eigenvalue weighted by molar-refractivity contribution is 0.0965. The first-order valence-electron chi connectivity index (χ1n) is 9.78. The molecule has 2 aliphatic rings. The molecule has 0 bridgehead atoms. The molecule has 1 aliphatic carbocycles. The lowest BCUT2D eigenvalue weighted by Crippen LogP contribution is -2.20. The summed E-state index contributed by atoms with van der Waals surface area (Å²) < 4.78 is 0. The van der Waals surface area contributed by atoms with Gasteiger partial charge in [-0.25, -0.2) is 0 Å². The number of aromatic nitrogens is 2. The van der Waals surface area contributed by atoms with Gasteiger partial charge < -0.3 is 5.32 Å². The largest absolute Gasteiger partial charge is 0.327 e. The van der Waals surface area contributed by atoms with Gasteiger partial charge in [0.25, 0.3) is 5.91 Å². The van der Waals surface area contributed by atoms with E-state index in [4.69, 9.17) is 0 Å². The Labute approximate surface area is 175 Å². The van der Waals surface area contributed by atoms with E-state index in [0.29, 0.717) is 18.2 Å². The third-order valence-electron chi connectivity index (χ3n) is 4.81. The molecule has 1 aliphatic heterocycles. The summed E-state index contributed by atoms with van der Waals surface area (Å²) in [5.41, 5.74) is 7.62. The van der Waals surface area contributed by atoms with Crippen LogP contribution in [0.1, 0.15) is 34.9 Å². The van der Waals surface area contributed by atoms with E-state index in [1.165, 1.54) is 19.2 Å². The SMILES string of the molecule is C=C/C=C(\C=C\NC(=O)c1cc(-c2ccc(C3CC3)nc2)ccn1)C1=NNC=NC1. The summed E-state index contributed by atoms with van der Waals surface area (Å²) in [5.74, 6) is 0.321. The maximum Gasteiger partial charge on any atom is 0.273 e. The minimum absolute atomic E-state index is 0.296. The molecule has 1 fully saturated rings. The molecule has 0 aromatic carbocycles. The van der Waals surface area contributed by atoms with Crippen LogP contribution in [0.3, 0.4) is 0 Å². The summed E-state index contributed by atoms with van der Waals surface area (Å²) in [6.07, 6.45) is 14.3. The number of amides is 1. The first-order chi connectivity index (χ1) is 14.7. The molecular weight excluding hydrogens is 376 g/mol. The minimum atomic E-state index is -0.296. The van der Waals surface area contributed by atoms with Crippen LogP contribution in [0.15, 0.2) is 83.3 Å². The number of rotatable bonds is 7. The predicted molar refractivity (Wildman–Crippen MR) is 118 cm³/mol. The van der Waals surface area contributed by atoms with Gasteiger partial charge >= 0.3 is 0 Å². The van der Waals surface area contributed by atoms with Gasteiger partial charge in [-0.3, -0.25) is 25.2 Å². The highest BCUT2D eigenvalue weighted by atomic mass is 16.1. The molecule has 1 amide bonds. The molecule has 0 spiro atoms. The molecule has 7 nitrogen and oxygen atoms in total. The molecule has 3 heterocycles. The topological polar surface area (TPSA) is 91.6 Å². The van der Waals surface area contributed by atoms with Crippen molar-refractivity contribution >= 4 is 18.0 Å². The van der Waals surface area contributed by atoms with Gasteiger partial charge in [-0.1, -0.05) is 24.8 Å². The van der Waals surface area contributed by atoms with E-state index < -0.39 is 0 Å². The van der Waals surface area contributed by atoms with Gasteiger partial charge in [0.05, 0.1) is 12.3 Å². The number of nitrogens with one attached hydrogen (secondary N) is 2. The van der Waals surface area contributed by atoms with Gasteiger partial charge in [0, 0.05) is 41.3 Å². The van der Waals surface area contributed by atoms with Gasteiger partial charge in [0.15, 0.2) is 0 Å². The zero-order chi connectivity index (χ0) is 20.8. The number of aliphatic imine (C=N–C) groups is 1. The maximum atomic E-state index is 12.5. The summed E-state index contributed by atoms with van der Waals surface area (Å²) in [6.45, 7) is 4.18. The Morgan fingerprint density at radius 3 is 2.80 bits per heavy atom. The standard InChI is InChI=1S/C23H22N6O/c1-2-3-16(22-14-24-15-28-29-22)8-11-26-23(30)21-12-18(9-10-25-21)19-6-7-20(27-13-19)17-4-5-17/h2-3,6-13,15,17H,1,4-5,14H2,(H,24,28)(H,26,30)/b11-8+,16-3+. The first-order valence-corrected chi connectivity index (χ1v) is 9.78. The number of nitrogens with zero attached hydrogens (tertiary/aromatic N) is 4. The molecule has 7 heteroatoms. The van der Waals surface area contributed by atoms with E-state index in [1.54, 1.807) is 36.7 Å². The summed E-state index contributed by atoms with van der Waals surface area (Å²) in [7, 11) is 0. The Hall–Kier alpha value is -3.87. The molecule has 0 radical (unpaired) electrons. The van der Waals surface area contributed by atoms with Crippen molar-refractivity contribution in [1.82, 2.24) is 20.7 Å². The zero-order valence-corrected chi connectivity index (χ0v) is 16.5. The summed E-state index contributed by atoms with van der Waals surface area (Å²) >= 11 is 0. The van der Waals surface area contributed by atoms with Crippen LogP contribution in [0.2, 0.25) is 0 Å². The number of hydrazone groups is 1. The lowest BCUT2D eigenvalue weighted by atomic mass is 10.1. The Bertz CT molecular complexity index is 1060. The smallest absolute Gasteiger partial charge is 0.273 e. The Balaban J connectivity index is 1.43. The van der Waals surface area contributed by atoms with Crippen LogP contribution in [-0.2, 0) is 0 Å². The molecule has 30 heavy (non-hydrogen) atoms. The van der Waals surface area contributed by atoms with Crippen LogP contribution in [0.4, 0.5) is 0 Å². The molecular formula is C23H22N6O. The molecule has 1 saturated carbocycles. The number of carbonyl (C=O) groups is 1. The highest BCUT2D eigenvalue weighted by molar-refractivity contribution is 6.05. The summed E-state index contributed by atoms with van der Waals surface area (Å²) in [4.78, 5) is 25.4.